The van der Waals surface area contributed by atoms with E-state index in [1.165, 1.54) is 7.11 Å². The van der Waals surface area contributed by atoms with E-state index in [4.69, 9.17) is 37.7 Å². The number of carbonyl (C=O) groups excluding carboxylic acids is 2. The van der Waals surface area contributed by atoms with E-state index in [1.807, 2.05) is 44.2 Å². The summed E-state index contributed by atoms with van der Waals surface area (Å²) in [6, 6.07) is 9.62. The van der Waals surface area contributed by atoms with Gasteiger partial charge in [0.1, 0.15) is 12.3 Å². The highest BCUT2D eigenvalue weighted by atomic mass is 35.5. The van der Waals surface area contributed by atoms with Crippen LogP contribution in [0.3, 0.4) is 0 Å². The molecular weight excluding hydrogens is 585 g/mol. The third-order valence-electron chi connectivity index (χ3n) is 8.09. The molecule has 4 rings (SSSR count). The number of benzene rings is 1. The number of H-pyrrole nitrogens is 2. The predicted octanol–water partition coefficient (Wildman–Crippen LogP) is 7.50. The fourth-order valence-corrected chi connectivity index (χ4v) is 5.99. The van der Waals surface area contributed by atoms with Crippen LogP contribution in [0.25, 0.3) is 6.08 Å². The van der Waals surface area contributed by atoms with Gasteiger partial charge in [0.15, 0.2) is 0 Å². The van der Waals surface area contributed by atoms with Gasteiger partial charge in [-0.15, -0.1) is 23.2 Å². The van der Waals surface area contributed by atoms with Crippen molar-refractivity contribution >= 4 is 46.9 Å². The van der Waals surface area contributed by atoms with Gasteiger partial charge in [-0.3, -0.25) is 9.79 Å². The number of nitrogens with one attached hydrogen (secondary N) is 2. The molecule has 0 spiro atoms. The van der Waals surface area contributed by atoms with Crippen LogP contribution in [-0.4, -0.2) is 46.5 Å². The summed E-state index contributed by atoms with van der Waals surface area (Å²) in [5, 5.41) is 0. The molecule has 9 heteroatoms. The summed E-state index contributed by atoms with van der Waals surface area (Å²) in [7, 11) is 1.41. The lowest BCUT2D eigenvalue weighted by atomic mass is 9.98. The SMILES string of the molecule is COC(=O)CCc1c(C)[nH]c(/C=C2\N=C(Cc3[nH]c(C(=O)OCc4ccccc4)c(C)c3CCCl)C(C)=C2CCCl)c1C. The van der Waals surface area contributed by atoms with Gasteiger partial charge in [-0.25, -0.2) is 4.79 Å². The zero-order valence-electron chi connectivity index (χ0n) is 25.5. The molecule has 228 valence electrons. The average Bonchev–Trinajstić information content (AvgIpc) is 3.57. The monoisotopic (exact) mass is 623 g/mol. The second kappa shape index (κ2) is 14.8. The molecule has 0 amide bonds. The van der Waals surface area contributed by atoms with Crippen LogP contribution in [0.5, 0.6) is 0 Å². The Morgan fingerprint density at radius 3 is 2.33 bits per heavy atom. The minimum Gasteiger partial charge on any atom is -0.469 e. The summed E-state index contributed by atoms with van der Waals surface area (Å²) in [6.07, 6.45) is 4.80. The topological polar surface area (TPSA) is 96.5 Å². The number of rotatable bonds is 13. The Morgan fingerprint density at radius 1 is 0.930 bits per heavy atom. The van der Waals surface area contributed by atoms with Gasteiger partial charge in [-0.1, -0.05) is 30.3 Å². The molecule has 0 unspecified atom stereocenters. The van der Waals surface area contributed by atoms with Gasteiger partial charge in [-0.05, 0) is 92.0 Å². The molecule has 3 heterocycles. The standard InChI is InChI=1S/C34H39Cl2N3O4/c1-20-25(11-12-32(40)42-5)23(4)37-28(20)17-30-26(13-15-35)21(2)29(38-30)18-31-27(14-16-36)22(3)33(39-31)34(41)43-19-24-9-7-6-8-10-24/h6-10,17,37,39H,11-16,18-19H2,1-5H3/b30-17-. The lowest BCUT2D eigenvalue weighted by Crippen LogP contribution is -2.08. The molecular formula is C34H39Cl2N3O4. The smallest absolute Gasteiger partial charge is 0.355 e. The maximum Gasteiger partial charge on any atom is 0.355 e. The number of methoxy groups -OCH3 is 1. The van der Waals surface area contributed by atoms with Gasteiger partial charge >= 0.3 is 11.9 Å². The number of hydrogen-bond acceptors (Lipinski definition) is 5. The van der Waals surface area contributed by atoms with Crippen LogP contribution in [-0.2, 0) is 40.1 Å². The first-order chi connectivity index (χ1) is 20.7. The number of alkyl halides is 2. The van der Waals surface area contributed by atoms with Crippen LogP contribution >= 0.6 is 23.2 Å². The van der Waals surface area contributed by atoms with E-state index in [0.717, 1.165) is 67.5 Å². The minimum absolute atomic E-state index is 0.199. The number of aromatic nitrogens is 2. The Balaban J connectivity index is 1.63. The van der Waals surface area contributed by atoms with Crippen LogP contribution in [0.15, 0.2) is 52.2 Å². The van der Waals surface area contributed by atoms with Crippen LogP contribution in [0.4, 0.5) is 0 Å². The third kappa shape index (κ3) is 7.51. The van der Waals surface area contributed by atoms with Crippen LogP contribution in [0.2, 0.25) is 0 Å². The maximum absolute atomic E-state index is 13.1. The Morgan fingerprint density at radius 2 is 1.65 bits per heavy atom. The number of hydrogen-bond donors (Lipinski definition) is 2. The number of ether oxygens (including phenoxy) is 2. The number of aromatic amines is 2. The first-order valence-electron chi connectivity index (χ1n) is 14.5. The number of carbonyl (C=O) groups is 2. The van der Waals surface area contributed by atoms with Crippen molar-refractivity contribution in [2.24, 2.45) is 4.99 Å². The Kier molecular flexibility index (Phi) is 11.1. The second-order valence-corrected chi connectivity index (χ2v) is 11.5. The van der Waals surface area contributed by atoms with Crippen LogP contribution in [0, 0.1) is 20.8 Å². The molecule has 43 heavy (non-hydrogen) atoms. The number of aliphatic imine (C=N–C) groups is 1. The van der Waals surface area contributed by atoms with Crippen molar-refractivity contribution in [2.75, 3.05) is 18.9 Å². The Bertz CT molecular complexity index is 1580. The summed E-state index contributed by atoms with van der Waals surface area (Å²) in [5.41, 5.74) is 12.3. The molecule has 0 fully saturated rings. The molecule has 0 bridgehead atoms. The molecule has 0 saturated heterocycles. The first-order valence-corrected chi connectivity index (χ1v) is 15.5. The Labute approximate surface area is 263 Å². The molecule has 0 atom stereocenters. The highest BCUT2D eigenvalue weighted by molar-refractivity contribution is 6.18. The van der Waals surface area contributed by atoms with Crippen molar-refractivity contribution in [1.82, 2.24) is 9.97 Å². The van der Waals surface area contributed by atoms with Gasteiger partial charge in [0.25, 0.3) is 0 Å². The van der Waals surface area contributed by atoms with Gasteiger partial charge in [0.05, 0.1) is 18.5 Å². The van der Waals surface area contributed by atoms with Gasteiger partial charge in [0.2, 0.25) is 0 Å². The minimum atomic E-state index is -0.395. The summed E-state index contributed by atoms with van der Waals surface area (Å²) in [5.74, 6) is 0.274. The van der Waals surface area contributed by atoms with Gasteiger partial charge in [-0.2, -0.15) is 0 Å². The van der Waals surface area contributed by atoms with Gasteiger partial charge in [0, 0.05) is 41.7 Å². The molecule has 1 aliphatic rings. The summed E-state index contributed by atoms with van der Waals surface area (Å²) < 4.78 is 10.5. The van der Waals surface area contributed by atoms with Crippen LogP contribution in [0.1, 0.15) is 75.2 Å². The van der Waals surface area contributed by atoms with E-state index in [1.54, 1.807) is 0 Å². The average molecular weight is 625 g/mol. The van der Waals surface area contributed by atoms with E-state index in [9.17, 15) is 9.59 Å². The molecule has 1 aromatic carbocycles. The van der Waals surface area contributed by atoms with Gasteiger partial charge < -0.3 is 19.4 Å². The summed E-state index contributed by atoms with van der Waals surface area (Å²) in [4.78, 5) is 36.7. The van der Waals surface area contributed by atoms with E-state index in [2.05, 4.69) is 29.9 Å². The van der Waals surface area contributed by atoms with E-state index in [-0.39, 0.29) is 12.6 Å². The molecule has 7 nitrogen and oxygen atoms in total. The summed E-state index contributed by atoms with van der Waals surface area (Å²) >= 11 is 12.4. The maximum atomic E-state index is 13.1. The number of nitrogens with zero attached hydrogens (tertiary/aromatic N) is 1. The highest BCUT2D eigenvalue weighted by Gasteiger charge is 2.26. The van der Waals surface area contributed by atoms with E-state index >= 15 is 0 Å². The van der Waals surface area contributed by atoms with Crippen molar-refractivity contribution in [2.45, 2.75) is 66.4 Å². The van der Waals surface area contributed by atoms with Crippen molar-refractivity contribution in [3.05, 3.63) is 97.8 Å². The molecule has 0 saturated carbocycles. The number of halogens is 2. The number of allylic oxidation sites excluding steroid dienone is 2. The van der Waals surface area contributed by atoms with Crippen LogP contribution < -0.4 is 0 Å². The fourth-order valence-electron chi connectivity index (χ4n) is 5.61. The molecule has 2 N–H and O–H groups in total. The van der Waals surface area contributed by atoms with E-state index < -0.39 is 5.97 Å². The van der Waals surface area contributed by atoms with Crippen molar-refractivity contribution in [3.8, 4) is 0 Å². The van der Waals surface area contributed by atoms with Crippen molar-refractivity contribution in [3.63, 3.8) is 0 Å². The molecule has 1 aliphatic heterocycles. The molecule has 0 aliphatic carbocycles. The molecule has 2 aromatic heterocycles. The quantitative estimate of drug-likeness (QED) is 0.152. The second-order valence-electron chi connectivity index (χ2n) is 10.7. The van der Waals surface area contributed by atoms with Crippen molar-refractivity contribution < 1.29 is 19.1 Å². The highest BCUT2D eigenvalue weighted by Crippen LogP contribution is 2.33. The lowest BCUT2D eigenvalue weighted by Gasteiger charge is -2.06. The number of esters is 2. The molecule has 0 radical (unpaired) electrons. The Hall–Kier alpha value is -3.55. The largest absolute Gasteiger partial charge is 0.469 e. The van der Waals surface area contributed by atoms with E-state index in [0.29, 0.717) is 49.6 Å². The lowest BCUT2D eigenvalue weighted by molar-refractivity contribution is -0.140. The predicted molar refractivity (Wildman–Crippen MR) is 173 cm³/mol. The fraction of sp³-hybridized carbons (Fsp3) is 0.382. The first kappa shape index (κ1) is 32.4. The summed E-state index contributed by atoms with van der Waals surface area (Å²) in [6.45, 7) is 8.27. The zero-order chi connectivity index (χ0) is 31.1. The zero-order valence-corrected chi connectivity index (χ0v) is 27.0. The normalized spacial score (nSPS) is 14.0. The van der Waals surface area contributed by atoms with Crippen molar-refractivity contribution in [1.29, 1.82) is 0 Å². The molecule has 3 aromatic rings. The number of aryl methyl sites for hydroxylation is 1. The third-order valence-corrected chi connectivity index (χ3v) is 8.47.